The van der Waals surface area contributed by atoms with Gasteiger partial charge in [0, 0.05) is 39.5 Å². The van der Waals surface area contributed by atoms with Gasteiger partial charge >= 0.3 is 0 Å². The molecule has 1 N–H and O–H groups in total. The van der Waals surface area contributed by atoms with Crippen molar-refractivity contribution in [3.63, 3.8) is 0 Å². The average molecular weight is 447 g/mol. The minimum absolute atomic E-state index is 0.138. The summed E-state index contributed by atoms with van der Waals surface area (Å²) < 4.78 is 41.8. The molecule has 166 valence electrons. The molecule has 0 aliphatic carbocycles. The zero-order chi connectivity index (χ0) is 22.6. The second kappa shape index (κ2) is 9.57. The lowest BCUT2D eigenvalue weighted by Gasteiger charge is -2.18. The number of aryl methyl sites for hydroxylation is 2. The van der Waals surface area contributed by atoms with E-state index in [9.17, 15) is 17.6 Å². The highest BCUT2D eigenvalue weighted by atomic mass is 32.2. The molecule has 2 aromatic carbocycles. The molecule has 3 aromatic rings. The number of amides is 1. The SMILES string of the molecule is CCN(CC)S(=O)(=O)c1ccc2c(c1)nc(CCC(=O)NCc1ccc(F)cc1)n2C. The van der Waals surface area contributed by atoms with Crippen LogP contribution in [0, 0.1) is 5.82 Å². The Morgan fingerprint density at radius 1 is 1.13 bits per heavy atom. The van der Waals surface area contributed by atoms with Crippen molar-refractivity contribution in [2.45, 2.75) is 38.1 Å². The number of sulfonamides is 1. The van der Waals surface area contributed by atoms with E-state index in [2.05, 4.69) is 10.3 Å². The molecule has 0 atom stereocenters. The van der Waals surface area contributed by atoms with Gasteiger partial charge in [-0.2, -0.15) is 4.31 Å². The van der Waals surface area contributed by atoms with Crippen LogP contribution >= 0.6 is 0 Å². The van der Waals surface area contributed by atoms with E-state index in [4.69, 9.17) is 0 Å². The second-order valence-electron chi connectivity index (χ2n) is 7.23. The standard InChI is InChI=1S/C22H27FN4O3S/c1-4-27(5-2)31(29,30)18-10-11-20-19(14-18)25-21(26(20)3)12-13-22(28)24-15-16-6-8-17(23)9-7-16/h6-11,14H,4-5,12-13,15H2,1-3H3,(H,24,28). The third-order valence-corrected chi connectivity index (χ3v) is 7.31. The molecule has 0 saturated carbocycles. The minimum Gasteiger partial charge on any atom is -0.352 e. The van der Waals surface area contributed by atoms with E-state index in [1.54, 1.807) is 44.2 Å². The zero-order valence-electron chi connectivity index (χ0n) is 17.9. The number of aromatic nitrogens is 2. The van der Waals surface area contributed by atoms with Crippen LogP contribution in [0.15, 0.2) is 47.4 Å². The van der Waals surface area contributed by atoms with E-state index >= 15 is 0 Å². The number of benzene rings is 2. The molecule has 0 aliphatic rings. The molecule has 0 saturated heterocycles. The number of halogens is 1. The average Bonchev–Trinajstić information content (AvgIpc) is 3.07. The Kier molecular flexibility index (Phi) is 7.07. The van der Waals surface area contributed by atoms with Gasteiger partial charge in [0.1, 0.15) is 11.6 Å². The molecule has 1 aromatic heterocycles. The first kappa shape index (κ1) is 22.9. The first-order valence-corrected chi connectivity index (χ1v) is 11.7. The number of imidazole rings is 1. The van der Waals surface area contributed by atoms with Gasteiger partial charge in [0.15, 0.2) is 0 Å². The maximum atomic E-state index is 13.0. The van der Waals surface area contributed by atoms with Crippen LogP contribution in [0.4, 0.5) is 4.39 Å². The van der Waals surface area contributed by atoms with Crippen LogP contribution < -0.4 is 5.32 Å². The van der Waals surface area contributed by atoms with Crippen molar-refractivity contribution in [1.82, 2.24) is 19.2 Å². The van der Waals surface area contributed by atoms with Crippen molar-refractivity contribution in [3.8, 4) is 0 Å². The molecule has 1 heterocycles. The monoisotopic (exact) mass is 446 g/mol. The normalized spacial score (nSPS) is 11.9. The Morgan fingerprint density at radius 3 is 2.45 bits per heavy atom. The molecule has 0 spiro atoms. The Morgan fingerprint density at radius 2 is 1.81 bits per heavy atom. The molecular formula is C22H27FN4O3S. The van der Waals surface area contributed by atoms with Gasteiger partial charge in [-0.15, -0.1) is 0 Å². The molecule has 3 rings (SSSR count). The predicted octanol–water partition coefficient (Wildman–Crippen LogP) is 2.99. The quantitative estimate of drug-likeness (QED) is 0.548. The van der Waals surface area contributed by atoms with Crippen LogP contribution in [0.2, 0.25) is 0 Å². The Bertz CT molecular complexity index is 1170. The Balaban J connectivity index is 1.69. The Hall–Kier alpha value is -2.78. The van der Waals surface area contributed by atoms with E-state index in [0.29, 0.717) is 37.4 Å². The Labute approximate surface area is 181 Å². The number of nitrogens with one attached hydrogen (secondary N) is 1. The van der Waals surface area contributed by atoms with Crippen molar-refractivity contribution in [1.29, 1.82) is 0 Å². The maximum Gasteiger partial charge on any atom is 0.243 e. The molecule has 9 heteroatoms. The fraction of sp³-hybridized carbons (Fsp3) is 0.364. The first-order chi connectivity index (χ1) is 14.8. The van der Waals surface area contributed by atoms with Gasteiger partial charge < -0.3 is 9.88 Å². The van der Waals surface area contributed by atoms with Gasteiger partial charge in [-0.3, -0.25) is 4.79 Å². The third kappa shape index (κ3) is 5.11. The van der Waals surface area contributed by atoms with E-state index in [1.807, 2.05) is 11.6 Å². The number of hydrogen-bond acceptors (Lipinski definition) is 4. The van der Waals surface area contributed by atoms with Crippen molar-refractivity contribution in [2.24, 2.45) is 7.05 Å². The number of carbonyl (C=O) groups excluding carboxylic acids is 1. The van der Waals surface area contributed by atoms with Crippen LogP contribution in [-0.4, -0.2) is 41.3 Å². The van der Waals surface area contributed by atoms with Gasteiger partial charge in [-0.25, -0.2) is 17.8 Å². The molecule has 31 heavy (non-hydrogen) atoms. The van der Waals surface area contributed by atoms with E-state index in [-0.39, 0.29) is 23.0 Å². The summed E-state index contributed by atoms with van der Waals surface area (Å²) in [5.74, 6) is 0.246. The number of hydrogen-bond donors (Lipinski definition) is 1. The molecular weight excluding hydrogens is 419 g/mol. The lowest BCUT2D eigenvalue weighted by atomic mass is 10.2. The molecule has 0 radical (unpaired) electrons. The molecule has 1 amide bonds. The fourth-order valence-electron chi connectivity index (χ4n) is 3.44. The zero-order valence-corrected chi connectivity index (χ0v) is 18.7. The molecule has 0 bridgehead atoms. The van der Waals surface area contributed by atoms with Gasteiger partial charge in [-0.05, 0) is 35.9 Å². The summed E-state index contributed by atoms with van der Waals surface area (Å²) in [4.78, 5) is 17.0. The van der Waals surface area contributed by atoms with Gasteiger partial charge in [0.2, 0.25) is 15.9 Å². The maximum absolute atomic E-state index is 13.0. The molecule has 0 fully saturated rings. The summed E-state index contributed by atoms with van der Waals surface area (Å²) in [6.45, 7) is 4.74. The minimum atomic E-state index is -3.56. The van der Waals surface area contributed by atoms with Gasteiger partial charge in [-0.1, -0.05) is 26.0 Å². The topological polar surface area (TPSA) is 84.3 Å². The number of nitrogens with zero attached hydrogens (tertiary/aromatic N) is 3. The molecule has 7 nitrogen and oxygen atoms in total. The van der Waals surface area contributed by atoms with E-state index in [1.165, 1.54) is 16.4 Å². The smallest absolute Gasteiger partial charge is 0.243 e. The summed E-state index contributed by atoms with van der Waals surface area (Å²) in [5, 5.41) is 2.81. The highest BCUT2D eigenvalue weighted by Gasteiger charge is 2.22. The number of carbonyl (C=O) groups is 1. The van der Waals surface area contributed by atoms with Crippen LogP contribution in [0.25, 0.3) is 11.0 Å². The summed E-state index contributed by atoms with van der Waals surface area (Å²) in [6.07, 6.45) is 0.654. The van der Waals surface area contributed by atoms with Crippen LogP contribution in [-0.2, 0) is 34.8 Å². The van der Waals surface area contributed by atoms with Gasteiger partial charge in [0.05, 0.1) is 15.9 Å². The summed E-state index contributed by atoms with van der Waals surface area (Å²) >= 11 is 0. The number of rotatable bonds is 9. The first-order valence-electron chi connectivity index (χ1n) is 10.2. The van der Waals surface area contributed by atoms with Crippen molar-refractivity contribution >= 4 is 27.0 Å². The van der Waals surface area contributed by atoms with Crippen LogP contribution in [0.5, 0.6) is 0 Å². The number of fused-ring (bicyclic) bond motifs is 1. The lowest BCUT2D eigenvalue weighted by molar-refractivity contribution is -0.121. The van der Waals surface area contributed by atoms with E-state index < -0.39 is 10.0 Å². The van der Waals surface area contributed by atoms with Crippen molar-refractivity contribution < 1.29 is 17.6 Å². The van der Waals surface area contributed by atoms with Crippen LogP contribution in [0.3, 0.4) is 0 Å². The molecule has 0 unspecified atom stereocenters. The van der Waals surface area contributed by atoms with E-state index in [0.717, 1.165) is 11.1 Å². The lowest BCUT2D eigenvalue weighted by Crippen LogP contribution is -2.30. The van der Waals surface area contributed by atoms with Gasteiger partial charge in [0.25, 0.3) is 0 Å². The van der Waals surface area contributed by atoms with Crippen molar-refractivity contribution in [3.05, 3.63) is 59.7 Å². The third-order valence-electron chi connectivity index (χ3n) is 5.27. The van der Waals surface area contributed by atoms with Crippen molar-refractivity contribution in [2.75, 3.05) is 13.1 Å². The van der Waals surface area contributed by atoms with Crippen LogP contribution in [0.1, 0.15) is 31.7 Å². The summed E-state index contributed by atoms with van der Waals surface area (Å²) in [5.41, 5.74) is 2.21. The summed E-state index contributed by atoms with van der Waals surface area (Å²) in [6, 6.07) is 10.9. The molecule has 0 aliphatic heterocycles. The summed E-state index contributed by atoms with van der Waals surface area (Å²) in [7, 11) is -1.72. The second-order valence-corrected chi connectivity index (χ2v) is 9.17. The highest BCUT2D eigenvalue weighted by molar-refractivity contribution is 7.89. The fourth-order valence-corrected chi connectivity index (χ4v) is 4.92. The predicted molar refractivity (Wildman–Crippen MR) is 117 cm³/mol. The highest BCUT2D eigenvalue weighted by Crippen LogP contribution is 2.22. The largest absolute Gasteiger partial charge is 0.352 e.